The fourth-order valence-corrected chi connectivity index (χ4v) is 0.117. The molecule has 0 aliphatic rings. The van der Waals surface area contributed by atoms with Gasteiger partial charge in [-0.25, -0.2) is 0 Å². The molecule has 0 fully saturated rings. The molecule has 0 radical (unpaired) electrons. The maximum Gasteiger partial charge on any atom is 1.00 e. The molecule has 0 aromatic carbocycles. The van der Waals surface area contributed by atoms with Crippen molar-refractivity contribution in [2.75, 3.05) is 0 Å². The van der Waals surface area contributed by atoms with Crippen molar-refractivity contribution in [3.8, 4) is 0 Å². The molecular weight excluding hydrogens is 103 g/mol. The van der Waals surface area contributed by atoms with Crippen LogP contribution in [0.1, 0.15) is 14.8 Å². The summed E-state index contributed by atoms with van der Waals surface area (Å²) in [6.07, 6.45) is 0.655. The zero-order chi connectivity index (χ0) is 4.99. The van der Waals surface area contributed by atoms with Crippen LogP contribution in [0.15, 0.2) is 0 Å². The summed E-state index contributed by atoms with van der Waals surface area (Å²) in [7, 11) is 0. The molecule has 7 heavy (non-hydrogen) atoms. The van der Waals surface area contributed by atoms with E-state index in [1.807, 2.05) is 0 Å². The molecule has 0 rings (SSSR count). The summed E-state index contributed by atoms with van der Waals surface area (Å²) in [5.74, 6) is -0.0787. The van der Waals surface area contributed by atoms with Crippen molar-refractivity contribution < 1.29 is 40.6 Å². The van der Waals surface area contributed by atoms with Crippen LogP contribution in [0.4, 0.5) is 0 Å². The molecule has 2 nitrogen and oxygen atoms in total. The van der Waals surface area contributed by atoms with Gasteiger partial charge in [-0.15, -0.1) is 0 Å². The van der Waals surface area contributed by atoms with Gasteiger partial charge in [-0.05, 0) is 6.92 Å². The summed E-state index contributed by atoms with van der Waals surface area (Å²) in [6.45, 7) is 1.38. The monoisotopic (exact) mass is 110 g/mol. The second-order valence-corrected chi connectivity index (χ2v) is 1.07. The fraction of sp³-hybridized carbons (Fsp3) is 0.500. The van der Waals surface area contributed by atoms with Crippen LogP contribution in [0, 0.1) is 0 Å². The van der Waals surface area contributed by atoms with E-state index in [0.29, 0.717) is 6.29 Å². The van der Waals surface area contributed by atoms with E-state index in [0.717, 1.165) is 0 Å². The first kappa shape index (κ1) is 10.3. The first-order valence-electron chi connectivity index (χ1n) is 1.70. The standard InChI is InChI=1S/C4H6O2.Na.H/c1-4(6)2-3-5;;/h3H,2H2,1H3;;/q;+1;-1. The Morgan fingerprint density at radius 1 is 1.86 bits per heavy atom. The number of Topliss-reactive ketones (excluding diaryl/α,β-unsaturated/α-hetero) is 1. The summed E-state index contributed by atoms with van der Waals surface area (Å²) < 4.78 is 0. The summed E-state index contributed by atoms with van der Waals surface area (Å²) in [6, 6.07) is 0. The largest absolute Gasteiger partial charge is 1.00 e. The van der Waals surface area contributed by atoms with Gasteiger partial charge >= 0.3 is 29.6 Å². The number of rotatable bonds is 2. The van der Waals surface area contributed by atoms with Crippen LogP contribution < -0.4 is 29.6 Å². The minimum Gasteiger partial charge on any atom is -1.00 e. The van der Waals surface area contributed by atoms with Gasteiger partial charge in [0.15, 0.2) is 0 Å². The van der Waals surface area contributed by atoms with E-state index >= 15 is 0 Å². The van der Waals surface area contributed by atoms with E-state index in [1.165, 1.54) is 6.92 Å². The van der Waals surface area contributed by atoms with Gasteiger partial charge in [0.25, 0.3) is 0 Å². The zero-order valence-electron chi connectivity index (χ0n) is 5.60. The van der Waals surface area contributed by atoms with Crippen molar-refractivity contribution in [2.24, 2.45) is 0 Å². The molecule has 0 atom stereocenters. The minimum atomic E-state index is -0.0787. The molecule has 0 amide bonds. The Morgan fingerprint density at radius 3 is 2.29 bits per heavy atom. The third-order valence-electron chi connectivity index (χ3n) is 0.371. The molecule has 0 heterocycles. The SMILES string of the molecule is CC(=O)CC=O.[H-].[Na+]. The van der Waals surface area contributed by atoms with Gasteiger partial charge < -0.3 is 6.22 Å². The quantitative estimate of drug-likeness (QED) is 0.220. The van der Waals surface area contributed by atoms with Crippen LogP contribution in [-0.4, -0.2) is 12.1 Å². The first-order chi connectivity index (χ1) is 2.77. The Morgan fingerprint density at radius 2 is 2.29 bits per heavy atom. The molecule has 0 saturated heterocycles. The Labute approximate surface area is 66.1 Å². The smallest absolute Gasteiger partial charge is 1.00 e. The van der Waals surface area contributed by atoms with E-state index in [1.54, 1.807) is 0 Å². The number of carbonyl (C=O) groups excluding carboxylic acids is 2. The van der Waals surface area contributed by atoms with Crippen molar-refractivity contribution in [2.45, 2.75) is 13.3 Å². The van der Waals surface area contributed by atoms with E-state index < -0.39 is 0 Å². The summed E-state index contributed by atoms with van der Waals surface area (Å²) in [4.78, 5) is 19.2. The van der Waals surface area contributed by atoms with Gasteiger partial charge in [-0.1, -0.05) is 0 Å². The second kappa shape index (κ2) is 6.34. The average Bonchev–Trinajstić information content (AvgIpc) is 1.35. The van der Waals surface area contributed by atoms with E-state index in [-0.39, 0.29) is 43.2 Å². The predicted molar refractivity (Wildman–Crippen MR) is 22.5 cm³/mol. The van der Waals surface area contributed by atoms with Crippen molar-refractivity contribution in [1.29, 1.82) is 0 Å². The Kier molecular flexibility index (Phi) is 9.37. The molecule has 0 N–H and O–H groups in total. The Hall–Kier alpha value is 0.340. The number of hydrogen-bond acceptors (Lipinski definition) is 2. The number of hydrogen-bond donors (Lipinski definition) is 0. The third-order valence-corrected chi connectivity index (χ3v) is 0.371. The molecule has 3 heteroatoms. The van der Waals surface area contributed by atoms with Crippen molar-refractivity contribution in [3.05, 3.63) is 0 Å². The molecular formula is C4H7NaO2. The van der Waals surface area contributed by atoms with Crippen molar-refractivity contribution in [3.63, 3.8) is 0 Å². The first-order valence-corrected chi connectivity index (χ1v) is 1.70. The van der Waals surface area contributed by atoms with E-state index in [4.69, 9.17) is 0 Å². The third kappa shape index (κ3) is 10.7. The zero-order valence-corrected chi connectivity index (χ0v) is 6.60. The van der Waals surface area contributed by atoms with Crippen molar-refractivity contribution >= 4 is 12.1 Å². The van der Waals surface area contributed by atoms with Gasteiger partial charge in [0.2, 0.25) is 0 Å². The van der Waals surface area contributed by atoms with Gasteiger partial charge in [0.05, 0.1) is 6.42 Å². The average molecular weight is 110 g/mol. The van der Waals surface area contributed by atoms with Gasteiger partial charge in [-0.3, -0.25) is 4.79 Å². The summed E-state index contributed by atoms with van der Waals surface area (Å²) in [5.41, 5.74) is 0. The van der Waals surface area contributed by atoms with Crippen LogP contribution in [0.5, 0.6) is 0 Å². The predicted octanol–water partition coefficient (Wildman–Crippen LogP) is -2.72. The van der Waals surface area contributed by atoms with Gasteiger partial charge in [-0.2, -0.15) is 0 Å². The molecule has 0 spiro atoms. The molecule has 0 aromatic rings. The number of aldehydes is 1. The number of ketones is 1. The maximum absolute atomic E-state index is 9.81. The van der Waals surface area contributed by atoms with Crippen LogP contribution in [0.2, 0.25) is 0 Å². The maximum atomic E-state index is 9.81. The van der Waals surface area contributed by atoms with Crippen LogP contribution in [0.25, 0.3) is 0 Å². The molecule has 0 aliphatic carbocycles. The summed E-state index contributed by atoms with van der Waals surface area (Å²) >= 11 is 0. The minimum absolute atomic E-state index is 0. The molecule has 36 valence electrons. The second-order valence-electron chi connectivity index (χ2n) is 1.07. The normalized spacial score (nSPS) is 6.43. The van der Waals surface area contributed by atoms with Crippen LogP contribution in [-0.2, 0) is 9.59 Å². The van der Waals surface area contributed by atoms with E-state index in [9.17, 15) is 9.59 Å². The topological polar surface area (TPSA) is 34.1 Å². The van der Waals surface area contributed by atoms with Gasteiger partial charge in [0, 0.05) is 0 Å². The summed E-state index contributed by atoms with van der Waals surface area (Å²) in [5, 5.41) is 0. The molecule has 0 unspecified atom stereocenters. The van der Waals surface area contributed by atoms with Crippen molar-refractivity contribution in [1.82, 2.24) is 0 Å². The van der Waals surface area contributed by atoms with Gasteiger partial charge in [0.1, 0.15) is 12.1 Å². The molecule has 0 aromatic heterocycles. The van der Waals surface area contributed by atoms with Crippen LogP contribution >= 0.6 is 0 Å². The van der Waals surface area contributed by atoms with Crippen LogP contribution in [0.3, 0.4) is 0 Å². The molecule has 0 aliphatic heterocycles. The Bertz CT molecular complexity index is 74.4. The molecule has 0 bridgehead atoms. The van der Waals surface area contributed by atoms with E-state index in [2.05, 4.69) is 0 Å². The molecule has 0 saturated carbocycles. The number of carbonyl (C=O) groups is 2. The Balaban J connectivity index is -0.000000125. The fourth-order valence-electron chi connectivity index (χ4n) is 0.117.